The number of ether oxygens (including phenoxy) is 2. The van der Waals surface area contributed by atoms with Gasteiger partial charge in [-0.1, -0.05) is 19.1 Å². The summed E-state index contributed by atoms with van der Waals surface area (Å²) in [6.07, 6.45) is 0.945. The monoisotopic (exact) mass is 284 g/mol. The molecule has 0 saturated carbocycles. The van der Waals surface area contributed by atoms with Crippen molar-refractivity contribution in [1.82, 2.24) is 0 Å². The molecule has 2 aromatic rings. The molecule has 0 atom stereocenters. The fraction of sp³-hybridized carbons (Fsp3) is 0.235. The maximum Gasteiger partial charge on any atom is 0.169 e. The molecule has 4 heteroatoms. The van der Waals surface area contributed by atoms with Crippen LogP contribution in [0.1, 0.15) is 24.5 Å². The number of amidine groups is 1. The van der Waals surface area contributed by atoms with Gasteiger partial charge in [0, 0.05) is 5.56 Å². The van der Waals surface area contributed by atoms with E-state index >= 15 is 0 Å². The highest BCUT2D eigenvalue weighted by atomic mass is 16.5. The Bertz CT molecular complexity index is 638. The Morgan fingerprint density at radius 2 is 1.86 bits per heavy atom. The van der Waals surface area contributed by atoms with Crippen molar-refractivity contribution in [3.63, 3.8) is 0 Å². The van der Waals surface area contributed by atoms with Gasteiger partial charge in [-0.2, -0.15) is 0 Å². The summed E-state index contributed by atoms with van der Waals surface area (Å²) in [5, 5.41) is 7.49. The second-order valence-corrected chi connectivity index (χ2v) is 4.79. The van der Waals surface area contributed by atoms with E-state index < -0.39 is 0 Å². The number of nitrogen functional groups attached to an aromatic ring is 1. The molecule has 0 aliphatic rings. The lowest BCUT2D eigenvalue weighted by atomic mass is 10.1. The van der Waals surface area contributed by atoms with Gasteiger partial charge in [0.1, 0.15) is 11.6 Å². The lowest BCUT2D eigenvalue weighted by molar-refractivity contribution is 0.302. The lowest BCUT2D eigenvalue weighted by Crippen LogP contribution is -2.12. The van der Waals surface area contributed by atoms with Gasteiger partial charge in [0.05, 0.1) is 6.61 Å². The zero-order chi connectivity index (χ0) is 15.2. The number of rotatable bonds is 6. The van der Waals surface area contributed by atoms with Crippen LogP contribution in [0.5, 0.6) is 17.2 Å². The molecular weight excluding hydrogens is 264 g/mol. The Morgan fingerprint density at radius 1 is 1.14 bits per heavy atom. The molecule has 0 unspecified atom stereocenters. The minimum Gasteiger partial charge on any atom is -0.490 e. The van der Waals surface area contributed by atoms with E-state index in [0.29, 0.717) is 18.1 Å². The van der Waals surface area contributed by atoms with Gasteiger partial charge in [0.2, 0.25) is 0 Å². The topological polar surface area (TPSA) is 68.3 Å². The fourth-order valence-electron chi connectivity index (χ4n) is 1.99. The van der Waals surface area contributed by atoms with Gasteiger partial charge in [0.15, 0.2) is 11.5 Å². The highest BCUT2D eigenvalue weighted by Gasteiger charge is 2.08. The molecule has 4 nitrogen and oxygen atoms in total. The highest BCUT2D eigenvalue weighted by Crippen LogP contribution is 2.32. The first-order valence-corrected chi connectivity index (χ1v) is 6.96. The molecule has 0 amide bonds. The van der Waals surface area contributed by atoms with E-state index in [0.717, 1.165) is 23.3 Å². The molecule has 0 bridgehead atoms. The first-order chi connectivity index (χ1) is 10.1. The molecule has 21 heavy (non-hydrogen) atoms. The Morgan fingerprint density at radius 3 is 2.48 bits per heavy atom. The third kappa shape index (κ3) is 3.75. The van der Waals surface area contributed by atoms with Crippen LogP contribution >= 0.6 is 0 Å². The van der Waals surface area contributed by atoms with Crippen molar-refractivity contribution in [2.45, 2.75) is 20.3 Å². The van der Waals surface area contributed by atoms with E-state index in [1.54, 1.807) is 12.1 Å². The van der Waals surface area contributed by atoms with Crippen molar-refractivity contribution in [2.24, 2.45) is 5.73 Å². The molecule has 0 fully saturated rings. The van der Waals surface area contributed by atoms with Gasteiger partial charge >= 0.3 is 0 Å². The Labute approximate surface area is 125 Å². The molecular formula is C17H20N2O2. The van der Waals surface area contributed by atoms with Crippen molar-refractivity contribution in [3.05, 3.63) is 53.6 Å². The maximum atomic E-state index is 7.49. The van der Waals surface area contributed by atoms with Crippen LogP contribution in [0.15, 0.2) is 42.5 Å². The minimum atomic E-state index is 0.0609. The number of nitrogens with one attached hydrogen (secondary N) is 1. The van der Waals surface area contributed by atoms with Crippen LogP contribution in [-0.4, -0.2) is 12.4 Å². The molecule has 0 saturated heterocycles. The Kier molecular flexibility index (Phi) is 4.82. The number of aryl methyl sites for hydroxylation is 1. The predicted molar refractivity (Wildman–Crippen MR) is 84.5 cm³/mol. The summed E-state index contributed by atoms with van der Waals surface area (Å²) in [5.41, 5.74) is 7.15. The molecule has 0 heterocycles. The van der Waals surface area contributed by atoms with E-state index in [4.69, 9.17) is 20.6 Å². The summed E-state index contributed by atoms with van der Waals surface area (Å²) in [7, 11) is 0. The quantitative estimate of drug-likeness (QED) is 0.625. The van der Waals surface area contributed by atoms with Crippen LogP contribution in [0.2, 0.25) is 0 Å². The van der Waals surface area contributed by atoms with Gasteiger partial charge in [-0.3, -0.25) is 5.41 Å². The van der Waals surface area contributed by atoms with Gasteiger partial charge in [0.25, 0.3) is 0 Å². The zero-order valence-corrected chi connectivity index (χ0v) is 12.3. The average Bonchev–Trinajstić information content (AvgIpc) is 2.46. The molecule has 0 spiro atoms. The number of hydrogen-bond donors (Lipinski definition) is 2. The van der Waals surface area contributed by atoms with Crippen LogP contribution in [0.3, 0.4) is 0 Å². The van der Waals surface area contributed by atoms with Crippen molar-refractivity contribution >= 4 is 5.84 Å². The minimum absolute atomic E-state index is 0.0609. The second kappa shape index (κ2) is 6.79. The molecule has 2 rings (SSSR count). The first kappa shape index (κ1) is 14.9. The van der Waals surface area contributed by atoms with Crippen molar-refractivity contribution < 1.29 is 9.47 Å². The molecule has 2 aromatic carbocycles. The molecule has 0 aliphatic carbocycles. The fourth-order valence-corrected chi connectivity index (χ4v) is 1.99. The average molecular weight is 284 g/mol. The predicted octanol–water partition coefficient (Wildman–Crippen LogP) is 3.86. The first-order valence-electron chi connectivity index (χ1n) is 6.96. The third-order valence-corrected chi connectivity index (χ3v) is 3.03. The van der Waals surface area contributed by atoms with E-state index in [9.17, 15) is 0 Å². The number of benzene rings is 2. The maximum absolute atomic E-state index is 7.49. The van der Waals surface area contributed by atoms with Crippen molar-refractivity contribution in [3.8, 4) is 17.2 Å². The van der Waals surface area contributed by atoms with Crippen molar-refractivity contribution in [1.29, 1.82) is 5.41 Å². The summed E-state index contributed by atoms with van der Waals surface area (Å²) in [6, 6.07) is 13.1. The smallest absolute Gasteiger partial charge is 0.169 e. The summed E-state index contributed by atoms with van der Waals surface area (Å²) < 4.78 is 11.6. The summed E-state index contributed by atoms with van der Waals surface area (Å²) >= 11 is 0. The van der Waals surface area contributed by atoms with Crippen LogP contribution in [0.4, 0.5) is 0 Å². The molecule has 0 radical (unpaired) electrons. The number of para-hydroxylation sites is 2. The lowest BCUT2D eigenvalue weighted by Gasteiger charge is -2.13. The van der Waals surface area contributed by atoms with E-state index in [2.05, 4.69) is 6.92 Å². The largest absolute Gasteiger partial charge is 0.490 e. The Hall–Kier alpha value is -2.49. The van der Waals surface area contributed by atoms with Gasteiger partial charge < -0.3 is 15.2 Å². The zero-order valence-electron chi connectivity index (χ0n) is 12.3. The molecule has 0 aliphatic heterocycles. The summed E-state index contributed by atoms with van der Waals surface area (Å²) in [6.45, 7) is 4.62. The molecule has 110 valence electrons. The van der Waals surface area contributed by atoms with Gasteiger partial charge in [-0.15, -0.1) is 0 Å². The van der Waals surface area contributed by atoms with Crippen LogP contribution in [-0.2, 0) is 0 Å². The number of nitrogens with two attached hydrogens (primary N) is 1. The summed E-state index contributed by atoms with van der Waals surface area (Å²) in [5.74, 6) is 2.17. The SMILES string of the molecule is CCCOc1ccccc1Oc1ccc(C(=N)N)c(C)c1. The summed E-state index contributed by atoms with van der Waals surface area (Å²) in [4.78, 5) is 0. The van der Waals surface area contributed by atoms with Crippen LogP contribution < -0.4 is 15.2 Å². The van der Waals surface area contributed by atoms with Crippen molar-refractivity contribution in [2.75, 3.05) is 6.61 Å². The molecule has 0 aromatic heterocycles. The second-order valence-electron chi connectivity index (χ2n) is 4.79. The highest BCUT2D eigenvalue weighted by molar-refractivity contribution is 5.96. The van der Waals surface area contributed by atoms with E-state index in [-0.39, 0.29) is 5.84 Å². The normalized spacial score (nSPS) is 10.2. The Balaban J connectivity index is 2.22. The number of hydrogen-bond acceptors (Lipinski definition) is 3. The molecule has 3 N–H and O–H groups in total. The van der Waals surface area contributed by atoms with Gasteiger partial charge in [-0.05, 0) is 49.2 Å². The van der Waals surface area contributed by atoms with E-state index in [1.165, 1.54) is 0 Å². The van der Waals surface area contributed by atoms with Gasteiger partial charge in [-0.25, -0.2) is 0 Å². The standard InChI is InChI=1S/C17H20N2O2/c1-3-10-20-15-6-4-5-7-16(15)21-13-8-9-14(17(18)19)12(2)11-13/h4-9,11H,3,10H2,1-2H3,(H3,18,19). The third-order valence-electron chi connectivity index (χ3n) is 3.03. The van der Waals surface area contributed by atoms with Crippen LogP contribution in [0, 0.1) is 12.3 Å². The van der Waals surface area contributed by atoms with E-state index in [1.807, 2.05) is 37.3 Å². The van der Waals surface area contributed by atoms with Crippen LogP contribution in [0.25, 0.3) is 0 Å².